The molecule has 0 unspecified atom stereocenters. The first-order valence-electron chi connectivity index (χ1n) is 7.04. The number of rotatable bonds is 7. The number of methoxy groups -OCH3 is 1. The number of aliphatic hydroxyl groups excluding tert-OH is 1. The second kappa shape index (κ2) is 8.17. The summed E-state index contributed by atoms with van der Waals surface area (Å²) in [5.74, 6) is -0.887. The van der Waals surface area contributed by atoms with Crippen LogP contribution in [0.3, 0.4) is 0 Å². The van der Waals surface area contributed by atoms with Crippen LogP contribution in [0, 0.1) is 5.82 Å². The Balaban J connectivity index is 2.29. The van der Waals surface area contributed by atoms with Gasteiger partial charge in [-0.2, -0.15) is 0 Å². The van der Waals surface area contributed by atoms with Crippen molar-refractivity contribution >= 4 is 26.0 Å². The van der Waals surface area contributed by atoms with E-state index in [2.05, 4.69) is 20.7 Å². The van der Waals surface area contributed by atoms with Crippen molar-refractivity contribution in [1.29, 1.82) is 0 Å². The molecule has 2 aromatic rings. The predicted octanol–water partition coefficient (Wildman–Crippen LogP) is 2.62. The third-order valence-corrected chi connectivity index (χ3v) is 5.37. The summed E-state index contributed by atoms with van der Waals surface area (Å²) < 4.78 is 46.6. The molecule has 0 bridgehead atoms. The molecule has 0 saturated heterocycles. The average Bonchev–Trinajstić information content (AvgIpc) is 2.54. The van der Waals surface area contributed by atoms with Gasteiger partial charge >= 0.3 is 0 Å². The Kier molecular flexibility index (Phi) is 6.47. The number of nitrogens with one attached hydrogen (secondary N) is 1. The van der Waals surface area contributed by atoms with Gasteiger partial charge in [-0.05, 0) is 23.8 Å². The maximum absolute atomic E-state index is 14.0. The van der Waals surface area contributed by atoms with E-state index in [-0.39, 0.29) is 6.61 Å². The molecule has 130 valence electrons. The SMILES string of the molecule is COC[C@H](NS(=O)(=O)c1ccc(Br)cc1F)[C@@H](O)c1ccccc1. The van der Waals surface area contributed by atoms with Crippen LogP contribution in [0.15, 0.2) is 57.9 Å². The highest BCUT2D eigenvalue weighted by molar-refractivity contribution is 9.10. The number of hydrogen-bond acceptors (Lipinski definition) is 4. The second-order valence-corrected chi connectivity index (χ2v) is 7.71. The zero-order chi connectivity index (χ0) is 17.7. The van der Waals surface area contributed by atoms with Crippen LogP contribution in [0.1, 0.15) is 11.7 Å². The third-order valence-electron chi connectivity index (χ3n) is 3.36. The van der Waals surface area contributed by atoms with Crippen LogP contribution in [0.25, 0.3) is 0 Å². The van der Waals surface area contributed by atoms with Crippen molar-refractivity contribution < 1.29 is 22.7 Å². The molecule has 0 fully saturated rings. The van der Waals surface area contributed by atoms with Gasteiger partial charge in [-0.1, -0.05) is 46.3 Å². The molecule has 2 N–H and O–H groups in total. The zero-order valence-electron chi connectivity index (χ0n) is 12.8. The molecule has 0 saturated carbocycles. The molecular weight excluding hydrogens is 401 g/mol. The van der Waals surface area contributed by atoms with Gasteiger partial charge in [0.1, 0.15) is 10.7 Å². The van der Waals surface area contributed by atoms with Gasteiger partial charge in [0.05, 0.1) is 18.8 Å². The summed E-state index contributed by atoms with van der Waals surface area (Å²) in [5, 5.41) is 10.4. The van der Waals surface area contributed by atoms with E-state index in [4.69, 9.17) is 4.74 Å². The largest absolute Gasteiger partial charge is 0.387 e. The van der Waals surface area contributed by atoms with Crippen molar-refractivity contribution in [1.82, 2.24) is 4.72 Å². The van der Waals surface area contributed by atoms with Crippen molar-refractivity contribution in [3.05, 3.63) is 64.4 Å². The predicted molar refractivity (Wildman–Crippen MR) is 91.5 cm³/mol. The Morgan fingerprint density at radius 2 is 1.92 bits per heavy atom. The molecule has 0 aromatic heterocycles. The highest BCUT2D eigenvalue weighted by Crippen LogP contribution is 2.22. The molecule has 8 heteroatoms. The molecule has 0 radical (unpaired) electrons. The van der Waals surface area contributed by atoms with Crippen molar-refractivity contribution in [3.63, 3.8) is 0 Å². The van der Waals surface area contributed by atoms with Crippen LogP contribution >= 0.6 is 15.9 Å². The Morgan fingerprint density at radius 3 is 2.50 bits per heavy atom. The quantitative estimate of drug-likeness (QED) is 0.725. The minimum atomic E-state index is -4.17. The molecule has 0 aliphatic heterocycles. The van der Waals surface area contributed by atoms with Gasteiger partial charge in [-0.25, -0.2) is 17.5 Å². The molecule has 0 aliphatic rings. The first-order valence-corrected chi connectivity index (χ1v) is 9.32. The maximum Gasteiger partial charge on any atom is 0.243 e. The van der Waals surface area contributed by atoms with Gasteiger partial charge in [0.2, 0.25) is 10.0 Å². The fraction of sp³-hybridized carbons (Fsp3) is 0.250. The van der Waals surface area contributed by atoms with Crippen LogP contribution < -0.4 is 4.72 Å². The highest BCUT2D eigenvalue weighted by atomic mass is 79.9. The van der Waals surface area contributed by atoms with Crippen molar-refractivity contribution in [3.8, 4) is 0 Å². The van der Waals surface area contributed by atoms with Crippen LogP contribution in [0.4, 0.5) is 4.39 Å². The number of benzene rings is 2. The standard InChI is InChI=1S/C16H17BrFNO4S/c1-23-10-14(16(20)11-5-3-2-4-6-11)19-24(21,22)15-8-7-12(17)9-13(15)18/h2-9,14,16,19-20H,10H2,1H3/t14-,16-/m0/s1. The Bertz CT molecular complexity index is 786. The van der Waals surface area contributed by atoms with Gasteiger partial charge < -0.3 is 9.84 Å². The molecule has 2 aromatic carbocycles. The lowest BCUT2D eigenvalue weighted by Gasteiger charge is -2.24. The lowest BCUT2D eigenvalue weighted by molar-refractivity contribution is 0.0799. The van der Waals surface area contributed by atoms with E-state index in [1.54, 1.807) is 30.3 Å². The first-order chi connectivity index (χ1) is 11.3. The summed E-state index contributed by atoms with van der Waals surface area (Å²) in [6.07, 6.45) is -1.14. The minimum Gasteiger partial charge on any atom is -0.387 e. The van der Waals surface area contributed by atoms with Crippen molar-refractivity contribution in [2.45, 2.75) is 17.0 Å². The highest BCUT2D eigenvalue weighted by Gasteiger charge is 2.28. The van der Waals surface area contributed by atoms with Crippen molar-refractivity contribution in [2.24, 2.45) is 0 Å². The Morgan fingerprint density at radius 1 is 1.25 bits per heavy atom. The summed E-state index contributed by atoms with van der Waals surface area (Å²) in [4.78, 5) is -0.493. The number of sulfonamides is 1. The molecule has 24 heavy (non-hydrogen) atoms. The van der Waals surface area contributed by atoms with Gasteiger partial charge in [0.25, 0.3) is 0 Å². The van der Waals surface area contributed by atoms with Crippen molar-refractivity contribution in [2.75, 3.05) is 13.7 Å². The number of ether oxygens (including phenoxy) is 1. The number of aliphatic hydroxyl groups is 1. The van der Waals surface area contributed by atoms with E-state index in [9.17, 15) is 17.9 Å². The molecular formula is C16H17BrFNO4S. The molecule has 2 atom stereocenters. The molecule has 0 heterocycles. The number of hydrogen-bond donors (Lipinski definition) is 2. The molecule has 0 amide bonds. The fourth-order valence-electron chi connectivity index (χ4n) is 2.21. The van der Waals surface area contributed by atoms with Gasteiger partial charge in [0, 0.05) is 11.6 Å². The Labute approximate surface area is 148 Å². The fourth-order valence-corrected chi connectivity index (χ4v) is 3.83. The van der Waals surface area contributed by atoms with Crippen LogP contribution in [0.2, 0.25) is 0 Å². The van der Waals surface area contributed by atoms with E-state index < -0.39 is 32.9 Å². The average molecular weight is 418 g/mol. The van der Waals surface area contributed by atoms with E-state index in [1.165, 1.54) is 13.2 Å². The van der Waals surface area contributed by atoms with Gasteiger partial charge in [-0.15, -0.1) is 0 Å². The van der Waals surface area contributed by atoms with Crippen LogP contribution in [-0.2, 0) is 14.8 Å². The lowest BCUT2D eigenvalue weighted by Crippen LogP contribution is -2.42. The normalized spacial score (nSPS) is 14.3. The topological polar surface area (TPSA) is 75.6 Å². The van der Waals surface area contributed by atoms with Gasteiger partial charge in [-0.3, -0.25) is 0 Å². The molecule has 5 nitrogen and oxygen atoms in total. The summed E-state index contributed by atoms with van der Waals surface area (Å²) >= 11 is 3.08. The van der Waals surface area contributed by atoms with E-state index in [0.29, 0.717) is 10.0 Å². The van der Waals surface area contributed by atoms with E-state index in [0.717, 1.165) is 12.1 Å². The van der Waals surface area contributed by atoms with E-state index in [1.807, 2.05) is 0 Å². The molecule has 2 rings (SSSR count). The number of halogens is 2. The monoisotopic (exact) mass is 417 g/mol. The zero-order valence-corrected chi connectivity index (χ0v) is 15.2. The smallest absolute Gasteiger partial charge is 0.243 e. The summed E-state index contributed by atoms with van der Waals surface area (Å²) in [6, 6.07) is 11.2. The molecule has 0 aliphatic carbocycles. The van der Waals surface area contributed by atoms with Crippen LogP contribution in [-0.4, -0.2) is 33.3 Å². The third kappa shape index (κ3) is 4.61. The lowest BCUT2D eigenvalue weighted by atomic mass is 10.0. The second-order valence-electron chi connectivity index (χ2n) is 5.11. The van der Waals surface area contributed by atoms with E-state index >= 15 is 0 Å². The minimum absolute atomic E-state index is 0.0760. The molecule has 0 spiro atoms. The Hall–Kier alpha value is -1.32. The summed E-state index contributed by atoms with van der Waals surface area (Å²) in [7, 11) is -2.78. The summed E-state index contributed by atoms with van der Waals surface area (Å²) in [6.45, 7) is -0.0760. The summed E-state index contributed by atoms with van der Waals surface area (Å²) in [5.41, 5.74) is 0.526. The van der Waals surface area contributed by atoms with Gasteiger partial charge in [0.15, 0.2) is 0 Å². The van der Waals surface area contributed by atoms with Crippen LogP contribution in [0.5, 0.6) is 0 Å². The maximum atomic E-state index is 14.0. The first kappa shape index (κ1) is 19.0.